The highest BCUT2D eigenvalue weighted by Gasteiger charge is 2.20. The van der Waals surface area contributed by atoms with Gasteiger partial charge in [0.1, 0.15) is 0 Å². The van der Waals surface area contributed by atoms with Crippen molar-refractivity contribution in [1.82, 2.24) is 0 Å². The lowest BCUT2D eigenvalue weighted by Gasteiger charge is -2.25. The van der Waals surface area contributed by atoms with Crippen molar-refractivity contribution in [3.8, 4) is 0 Å². The summed E-state index contributed by atoms with van der Waals surface area (Å²) >= 11 is 7.89. The molecule has 0 aliphatic carbocycles. The number of hydrogen-bond donors (Lipinski definition) is 1. The zero-order valence-electron chi connectivity index (χ0n) is 11.0. The first-order chi connectivity index (χ1) is 9.74. The fourth-order valence-electron chi connectivity index (χ4n) is 2.41. The summed E-state index contributed by atoms with van der Waals surface area (Å²) in [7, 11) is 0. The molecule has 0 aromatic heterocycles. The van der Waals surface area contributed by atoms with E-state index in [0.29, 0.717) is 0 Å². The lowest BCUT2D eigenvalue weighted by Crippen LogP contribution is -2.17. The molecule has 0 saturated carbocycles. The number of rotatable bonds is 3. The van der Waals surface area contributed by atoms with Gasteiger partial charge in [-0.25, -0.2) is 0 Å². The second-order valence-electron chi connectivity index (χ2n) is 4.81. The van der Waals surface area contributed by atoms with Gasteiger partial charge in [-0.2, -0.15) is 0 Å². The molecular weight excluding hydrogens is 290 g/mol. The summed E-state index contributed by atoms with van der Waals surface area (Å²) in [6.45, 7) is 0.785. The van der Waals surface area contributed by atoms with Crippen molar-refractivity contribution < 1.29 is 4.74 Å². The standard InChI is InChI=1S/C16H16ClNOS/c17-14-6-5-12(18)9-16(14)20-10-15-13-4-2-1-3-11(13)7-8-19-15/h1-6,9,15H,7-8,10,18H2. The third-order valence-electron chi connectivity index (χ3n) is 3.44. The average molecular weight is 306 g/mol. The molecule has 0 bridgehead atoms. The van der Waals surface area contributed by atoms with Gasteiger partial charge in [0.2, 0.25) is 0 Å². The van der Waals surface area contributed by atoms with Gasteiger partial charge in [0.05, 0.1) is 17.7 Å². The Balaban J connectivity index is 1.75. The topological polar surface area (TPSA) is 35.2 Å². The van der Waals surface area contributed by atoms with Gasteiger partial charge in [-0.05, 0) is 35.7 Å². The number of halogens is 1. The molecule has 3 rings (SSSR count). The minimum absolute atomic E-state index is 0.127. The Labute approximate surface area is 128 Å². The van der Waals surface area contributed by atoms with Crippen molar-refractivity contribution in [3.63, 3.8) is 0 Å². The predicted octanol–water partition coefficient (Wildman–Crippen LogP) is 4.33. The molecule has 1 unspecified atom stereocenters. The smallest absolute Gasteiger partial charge is 0.0921 e. The van der Waals surface area contributed by atoms with Gasteiger partial charge >= 0.3 is 0 Å². The largest absolute Gasteiger partial charge is 0.399 e. The third kappa shape index (κ3) is 2.95. The van der Waals surface area contributed by atoms with Crippen LogP contribution >= 0.6 is 23.4 Å². The van der Waals surface area contributed by atoms with Crippen LogP contribution in [0.15, 0.2) is 47.4 Å². The molecule has 0 amide bonds. The summed E-state index contributed by atoms with van der Waals surface area (Å²) in [5.74, 6) is 0.847. The first kappa shape index (κ1) is 13.8. The number of ether oxygens (including phenoxy) is 1. The molecular formula is C16H16ClNOS. The zero-order valence-corrected chi connectivity index (χ0v) is 12.6. The number of nitrogens with two attached hydrogens (primary N) is 1. The maximum absolute atomic E-state index is 6.20. The fourth-order valence-corrected chi connectivity index (χ4v) is 3.72. The van der Waals surface area contributed by atoms with E-state index < -0.39 is 0 Å². The Bertz CT molecular complexity index is 617. The van der Waals surface area contributed by atoms with E-state index in [0.717, 1.165) is 34.4 Å². The fraction of sp³-hybridized carbons (Fsp3) is 0.250. The number of anilines is 1. The molecule has 20 heavy (non-hydrogen) atoms. The summed E-state index contributed by atoms with van der Waals surface area (Å²) in [4.78, 5) is 1.01. The maximum atomic E-state index is 6.20. The molecule has 1 aliphatic rings. The Morgan fingerprint density at radius 3 is 3.00 bits per heavy atom. The summed E-state index contributed by atoms with van der Waals surface area (Å²) in [5.41, 5.74) is 9.24. The van der Waals surface area contributed by atoms with Crippen LogP contribution in [0.25, 0.3) is 0 Å². The quantitative estimate of drug-likeness (QED) is 0.677. The SMILES string of the molecule is Nc1ccc(Cl)c(SCC2OCCc3ccccc32)c1. The molecule has 0 spiro atoms. The van der Waals surface area contributed by atoms with E-state index in [1.54, 1.807) is 11.8 Å². The molecule has 2 aromatic rings. The Kier molecular flexibility index (Phi) is 4.20. The normalized spacial score (nSPS) is 17.8. The molecule has 1 atom stereocenters. The van der Waals surface area contributed by atoms with Crippen LogP contribution in [0, 0.1) is 0 Å². The van der Waals surface area contributed by atoms with Crippen molar-refractivity contribution in [2.75, 3.05) is 18.1 Å². The van der Waals surface area contributed by atoms with Gasteiger partial charge < -0.3 is 10.5 Å². The van der Waals surface area contributed by atoms with E-state index in [-0.39, 0.29) is 6.10 Å². The summed E-state index contributed by atoms with van der Waals surface area (Å²) in [5, 5.41) is 0.744. The van der Waals surface area contributed by atoms with E-state index in [2.05, 4.69) is 24.3 Å². The van der Waals surface area contributed by atoms with Crippen LogP contribution in [-0.2, 0) is 11.2 Å². The molecule has 2 nitrogen and oxygen atoms in total. The van der Waals surface area contributed by atoms with Crippen molar-refractivity contribution in [2.45, 2.75) is 17.4 Å². The molecule has 4 heteroatoms. The maximum Gasteiger partial charge on any atom is 0.0921 e. The van der Waals surface area contributed by atoms with E-state index in [1.165, 1.54) is 11.1 Å². The first-order valence-corrected chi connectivity index (χ1v) is 7.97. The molecule has 0 saturated heterocycles. The van der Waals surface area contributed by atoms with Crippen LogP contribution in [0.3, 0.4) is 0 Å². The van der Waals surface area contributed by atoms with Crippen molar-refractivity contribution in [2.24, 2.45) is 0 Å². The Morgan fingerprint density at radius 2 is 2.10 bits per heavy atom. The van der Waals surface area contributed by atoms with E-state index in [1.807, 2.05) is 18.2 Å². The third-order valence-corrected chi connectivity index (χ3v) is 5.00. The van der Waals surface area contributed by atoms with Gasteiger partial charge in [0.25, 0.3) is 0 Å². The number of benzene rings is 2. The highest BCUT2D eigenvalue weighted by Crippen LogP contribution is 2.35. The van der Waals surface area contributed by atoms with E-state index in [9.17, 15) is 0 Å². The lowest BCUT2D eigenvalue weighted by molar-refractivity contribution is 0.0588. The van der Waals surface area contributed by atoms with E-state index in [4.69, 9.17) is 22.1 Å². The van der Waals surface area contributed by atoms with Gasteiger partial charge in [0, 0.05) is 16.3 Å². The second-order valence-corrected chi connectivity index (χ2v) is 6.28. The number of thioether (sulfide) groups is 1. The molecule has 0 fully saturated rings. The molecule has 1 heterocycles. The highest BCUT2D eigenvalue weighted by atomic mass is 35.5. The van der Waals surface area contributed by atoms with Crippen LogP contribution in [-0.4, -0.2) is 12.4 Å². The predicted molar refractivity (Wildman–Crippen MR) is 85.4 cm³/mol. The van der Waals surface area contributed by atoms with E-state index >= 15 is 0 Å². The molecule has 2 N–H and O–H groups in total. The van der Waals surface area contributed by atoms with Gasteiger partial charge in [0.15, 0.2) is 0 Å². The van der Waals surface area contributed by atoms with Crippen LogP contribution in [0.5, 0.6) is 0 Å². The van der Waals surface area contributed by atoms with Crippen molar-refractivity contribution >= 4 is 29.1 Å². The first-order valence-electron chi connectivity index (χ1n) is 6.61. The summed E-state index contributed by atoms with van der Waals surface area (Å²) in [6.07, 6.45) is 1.12. The van der Waals surface area contributed by atoms with Crippen LogP contribution in [0.4, 0.5) is 5.69 Å². The van der Waals surface area contributed by atoms with Crippen LogP contribution < -0.4 is 5.73 Å². The Morgan fingerprint density at radius 1 is 1.25 bits per heavy atom. The average Bonchev–Trinajstić information content (AvgIpc) is 2.48. The Hall–Kier alpha value is -1.16. The number of nitrogen functional groups attached to an aromatic ring is 1. The minimum atomic E-state index is 0.127. The monoisotopic (exact) mass is 305 g/mol. The number of hydrogen-bond acceptors (Lipinski definition) is 3. The highest BCUT2D eigenvalue weighted by molar-refractivity contribution is 7.99. The molecule has 104 valence electrons. The lowest BCUT2D eigenvalue weighted by atomic mass is 9.99. The van der Waals surface area contributed by atoms with Crippen molar-refractivity contribution in [1.29, 1.82) is 0 Å². The van der Waals surface area contributed by atoms with Crippen molar-refractivity contribution in [3.05, 3.63) is 58.6 Å². The minimum Gasteiger partial charge on any atom is -0.399 e. The zero-order chi connectivity index (χ0) is 13.9. The van der Waals surface area contributed by atoms with Crippen LogP contribution in [0.1, 0.15) is 17.2 Å². The van der Waals surface area contributed by atoms with Gasteiger partial charge in [-0.15, -0.1) is 11.8 Å². The number of fused-ring (bicyclic) bond motifs is 1. The molecule has 1 aliphatic heterocycles. The summed E-state index contributed by atoms with van der Waals surface area (Å²) in [6, 6.07) is 14.1. The van der Waals surface area contributed by atoms with Gasteiger partial charge in [-0.3, -0.25) is 0 Å². The second kappa shape index (κ2) is 6.08. The van der Waals surface area contributed by atoms with Crippen LogP contribution in [0.2, 0.25) is 5.02 Å². The van der Waals surface area contributed by atoms with Gasteiger partial charge in [-0.1, -0.05) is 35.9 Å². The molecule has 2 aromatic carbocycles. The molecule has 0 radical (unpaired) electrons. The summed E-state index contributed by atoms with van der Waals surface area (Å²) < 4.78 is 5.90.